The highest BCUT2D eigenvalue weighted by Crippen LogP contribution is 2.42. The monoisotopic (exact) mass is 495 g/mol. The summed E-state index contributed by atoms with van der Waals surface area (Å²) in [5.41, 5.74) is 2.78. The van der Waals surface area contributed by atoms with Crippen molar-refractivity contribution in [2.24, 2.45) is 0 Å². The molecule has 0 unspecified atom stereocenters. The summed E-state index contributed by atoms with van der Waals surface area (Å²) in [6.45, 7) is 7.25. The molecule has 36 heavy (non-hydrogen) atoms. The van der Waals surface area contributed by atoms with Crippen LogP contribution in [0.25, 0.3) is 0 Å². The molecule has 2 N–H and O–H groups in total. The van der Waals surface area contributed by atoms with Gasteiger partial charge in [-0.1, -0.05) is 0 Å². The molecule has 2 aromatic carbocycles. The van der Waals surface area contributed by atoms with Crippen LogP contribution in [0.5, 0.6) is 23.1 Å². The Morgan fingerprint density at radius 2 is 2.00 bits per heavy atom. The summed E-state index contributed by atoms with van der Waals surface area (Å²) in [5.74, 6) is 2.54. The number of halogens is 1. The fourth-order valence-electron chi connectivity index (χ4n) is 4.23. The average Bonchev–Trinajstić information content (AvgIpc) is 3.08. The Bertz CT molecular complexity index is 1220. The van der Waals surface area contributed by atoms with Gasteiger partial charge >= 0.3 is 0 Å². The number of fused-ring (bicyclic) bond motifs is 2. The zero-order valence-electron chi connectivity index (χ0n) is 20.5. The normalized spacial score (nSPS) is 15.1. The van der Waals surface area contributed by atoms with Crippen molar-refractivity contribution in [1.82, 2.24) is 14.9 Å². The van der Waals surface area contributed by atoms with E-state index in [4.69, 9.17) is 18.9 Å². The molecule has 0 amide bonds. The van der Waals surface area contributed by atoms with Crippen molar-refractivity contribution in [3.8, 4) is 23.1 Å². The third kappa shape index (κ3) is 5.44. The summed E-state index contributed by atoms with van der Waals surface area (Å²) in [4.78, 5) is 11.1. The van der Waals surface area contributed by atoms with Crippen LogP contribution < -0.4 is 24.8 Å². The van der Waals surface area contributed by atoms with Crippen LogP contribution in [0.2, 0.25) is 0 Å². The highest BCUT2D eigenvalue weighted by Gasteiger charge is 2.22. The van der Waals surface area contributed by atoms with Gasteiger partial charge in [-0.05, 0) is 43.2 Å². The van der Waals surface area contributed by atoms with E-state index < -0.39 is 0 Å². The molecule has 0 spiro atoms. The van der Waals surface area contributed by atoms with Gasteiger partial charge in [0.15, 0.2) is 17.3 Å². The Kier molecular flexibility index (Phi) is 7.33. The van der Waals surface area contributed by atoms with E-state index in [9.17, 15) is 4.39 Å². The zero-order chi connectivity index (χ0) is 24.9. The van der Waals surface area contributed by atoms with Crippen molar-refractivity contribution >= 4 is 17.2 Å². The Hall–Kier alpha value is -3.63. The Morgan fingerprint density at radius 3 is 2.81 bits per heavy atom. The van der Waals surface area contributed by atoms with E-state index in [2.05, 4.69) is 25.5 Å². The zero-order valence-corrected chi connectivity index (χ0v) is 20.5. The molecule has 3 heterocycles. The van der Waals surface area contributed by atoms with Crippen molar-refractivity contribution in [1.29, 1.82) is 0 Å². The molecule has 190 valence electrons. The molecular formula is C26H30FN5O4. The van der Waals surface area contributed by atoms with Crippen molar-refractivity contribution in [3.63, 3.8) is 0 Å². The van der Waals surface area contributed by atoms with E-state index in [0.29, 0.717) is 59.0 Å². The van der Waals surface area contributed by atoms with Crippen molar-refractivity contribution in [3.05, 3.63) is 53.6 Å². The molecule has 10 heteroatoms. The van der Waals surface area contributed by atoms with Crippen LogP contribution in [0.1, 0.15) is 17.5 Å². The fourth-order valence-corrected chi connectivity index (χ4v) is 4.23. The Balaban J connectivity index is 1.29. The predicted octanol–water partition coefficient (Wildman–Crippen LogP) is 4.50. The number of aromatic nitrogens is 2. The van der Waals surface area contributed by atoms with Gasteiger partial charge in [0.2, 0.25) is 5.88 Å². The average molecular weight is 496 g/mol. The number of anilines is 3. The molecule has 3 aromatic rings. The molecule has 0 bridgehead atoms. The van der Waals surface area contributed by atoms with E-state index in [0.717, 1.165) is 44.8 Å². The number of methoxy groups -OCH3 is 1. The lowest BCUT2D eigenvalue weighted by molar-refractivity contribution is 0.0357. The summed E-state index contributed by atoms with van der Waals surface area (Å²) in [6.07, 6.45) is 2.33. The van der Waals surface area contributed by atoms with Crippen LogP contribution in [0.3, 0.4) is 0 Å². The number of aryl methyl sites for hydroxylation is 1. The van der Waals surface area contributed by atoms with Gasteiger partial charge in [-0.2, -0.15) is 4.98 Å². The predicted molar refractivity (Wildman–Crippen MR) is 134 cm³/mol. The van der Waals surface area contributed by atoms with E-state index in [1.54, 1.807) is 26.2 Å². The molecule has 1 aromatic heterocycles. The van der Waals surface area contributed by atoms with Crippen molar-refractivity contribution in [2.45, 2.75) is 19.9 Å². The topological polar surface area (TPSA) is 90.0 Å². The second-order valence-corrected chi connectivity index (χ2v) is 8.71. The molecule has 1 fully saturated rings. The number of ether oxygens (including phenoxy) is 4. The maximum atomic E-state index is 13.7. The molecule has 0 aliphatic carbocycles. The molecule has 0 atom stereocenters. The molecule has 0 saturated carbocycles. The summed E-state index contributed by atoms with van der Waals surface area (Å²) < 4.78 is 36.9. The number of nitrogens with zero attached hydrogens (tertiary/aromatic N) is 3. The Morgan fingerprint density at radius 1 is 1.14 bits per heavy atom. The van der Waals surface area contributed by atoms with Gasteiger partial charge in [0.1, 0.15) is 23.6 Å². The van der Waals surface area contributed by atoms with Crippen molar-refractivity contribution in [2.75, 3.05) is 57.2 Å². The van der Waals surface area contributed by atoms with E-state index in [1.807, 2.05) is 12.1 Å². The van der Waals surface area contributed by atoms with Gasteiger partial charge in [-0.3, -0.25) is 4.90 Å². The van der Waals surface area contributed by atoms with Crippen LogP contribution in [-0.4, -0.2) is 61.4 Å². The third-order valence-corrected chi connectivity index (χ3v) is 6.22. The van der Waals surface area contributed by atoms with E-state index >= 15 is 0 Å². The fraction of sp³-hybridized carbons (Fsp3) is 0.385. The number of rotatable bonds is 8. The highest BCUT2D eigenvalue weighted by molar-refractivity contribution is 5.76. The van der Waals surface area contributed by atoms with Gasteiger partial charge in [0, 0.05) is 43.5 Å². The minimum absolute atomic E-state index is 0.257. The lowest BCUT2D eigenvalue weighted by atomic mass is 10.1. The van der Waals surface area contributed by atoms with Crippen LogP contribution in [0.4, 0.5) is 21.6 Å². The van der Waals surface area contributed by atoms with Gasteiger partial charge in [0.05, 0.1) is 26.9 Å². The summed E-state index contributed by atoms with van der Waals surface area (Å²) in [5, 5.41) is 6.60. The number of hydrogen-bond donors (Lipinski definition) is 2. The van der Waals surface area contributed by atoms with Crippen LogP contribution in [0.15, 0.2) is 36.7 Å². The SMILES string of the molecule is COc1cc2c(cc1OCCCN1CCOCC1)CNc1c(Nc3ccc(F)c(C)c3)ncnc1O2. The second-order valence-electron chi connectivity index (χ2n) is 8.71. The molecular weight excluding hydrogens is 465 g/mol. The van der Waals surface area contributed by atoms with Gasteiger partial charge < -0.3 is 29.6 Å². The van der Waals surface area contributed by atoms with Crippen LogP contribution >= 0.6 is 0 Å². The third-order valence-electron chi connectivity index (χ3n) is 6.22. The number of hydrogen-bond acceptors (Lipinski definition) is 9. The molecule has 0 radical (unpaired) electrons. The van der Waals surface area contributed by atoms with Gasteiger partial charge in [-0.15, -0.1) is 0 Å². The second kappa shape index (κ2) is 11.0. The first-order valence-corrected chi connectivity index (χ1v) is 12.0. The largest absolute Gasteiger partial charge is 0.493 e. The minimum Gasteiger partial charge on any atom is -0.493 e. The smallest absolute Gasteiger partial charge is 0.248 e. The first kappa shape index (κ1) is 24.1. The van der Waals surface area contributed by atoms with Gasteiger partial charge in [0.25, 0.3) is 0 Å². The standard InChI is InChI=1S/C26H30FN5O4/c1-17-12-19(4-5-20(17)27)31-25-24-26(30-16-29-25)36-21-14-22(33-2)23(13-18(21)15-28-24)35-9-3-6-32-7-10-34-11-8-32/h4-5,12-14,16,28H,3,6-11,15H2,1-2H3,(H,29,30,31). The maximum absolute atomic E-state index is 13.7. The lowest BCUT2D eigenvalue weighted by Gasteiger charge is -2.26. The summed E-state index contributed by atoms with van der Waals surface area (Å²) in [7, 11) is 1.61. The number of morpholine rings is 1. The molecule has 1 saturated heterocycles. The lowest BCUT2D eigenvalue weighted by Crippen LogP contribution is -2.37. The minimum atomic E-state index is -0.257. The van der Waals surface area contributed by atoms with E-state index in [-0.39, 0.29) is 5.82 Å². The Labute approximate surface area is 209 Å². The summed E-state index contributed by atoms with van der Waals surface area (Å²) >= 11 is 0. The van der Waals surface area contributed by atoms with E-state index in [1.165, 1.54) is 12.4 Å². The molecule has 2 aliphatic rings. The van der Waals surface area contributed by atoms with Crippen LogP contribution in [0, 0.1) is 12.7 Å². The van der Waals surface area contributed by atoms with Crippen molar-refractivity contribution < 1.29 is 23.3 Å². The quantitative estimate of drug-likeness (QED) is 0.439. The van der Waals surface area contributed by atoms with Gasteiger partial charge in [-0.25, -0.2) is 9.37 Å². The molecule has 2 aliphatic heterocycles. The first-order chi connectivity index (χ1) is 17.6. The maximum Gasteiger partial charge on any atom is 0.248 e. The van der Waals surface area contributed by atoms with Crippen LogP contribution in [-0.2, 0) is 11.3 Å². The molecule has 5 rings (SSSR count). The number of nitrogens with one attached hydrogen (secondary N) is 2. The highest BCUT2D eigenvalue weighted by atomic mass is 19.1. The summed E-state index contributed by atoms with van der Waals surface area (Å²) in [6, 6.07) is 8.57. The molecule has 9 nitrogen and oxygen atoms in total. The number of benzene rings is 2. The first-order valence-electron chi connectivity index (χ1n) is 12.0.